The molecular formula is C9H7Br2NS2. The van der Waals surface area contributed by atoms with Gasteiger partial charge in [-0.1, -0.05) is 0 Å². The summed E-state index contributed by atoms with van der Waals surface area (Å²) < 4.78 is 2.18. The van der Waals surface area contributed by atoms with Gasteiger partial charge in [0.05, 0.1) is 6.04 Å². The molecule has 2 aromatic heterocycles. The van der Waals surface area contributed by atoms with Crippen molar-refractivity contribution in [3.63, 3.8) is 0 Å². The number of hydrogen-bond acceptors (Lipinski definition) is 3. The molecule has 0 saturated heterocycles. The lowest BCUT2D eigenvalue weighted by Crippen LogP contribution is -2.10. The maximum atomic E-state index is 6.16. The maximum Gasteiger partial charge on any atom is 0.0676 e. The van der Waals surface area contributed by atoms with Gasteiger partial charge in [0.2, 0.25) is 0 Å². The Balaban J connectivity index is 2.38. The lowest BCUT2D eigenvalue weighted by atomic mass is 10.1. The number of nitrogens with two attached hydrogens (primary N) is 1. The topological polar surface area (TPSA) is 26.0 Å². The Hall–Kier alpha value is 0.320. The van der Waals surface area contributed by atoms with Gasteiger partial charge in [0.15, 0.2) is 0 Å². The normalized spacial score (nSPS) is 13.1. The molecule has 0 aliphatic rings. The van der Waals surface area contributed by atoms with E-state index >= 15 is 0 Å². The van der Waals surface area contributed by atoms with Crippen molar-refractivity contribution in [2.75, 3.05) is 0 Å². The number of hydrogen-bond donors (Lipinski definition) is 1. The molecule has 2 aromatic rings. The molecule has 0 spiro atoms. The third kappa shape index (κ3) is 1.97. The highest BCUT2D eigenvalue weighted by Crippen LogP contribution is 2.35. The first-order valence-electron chi connectivity index (χ1n) is 3.90. The predicted octanol–water partition coefficient (Wildman–Crippen LogP) is 4.38. The average molecular weight is 353 g/mol. The first-order chi connectivity index (χ1) is 6.70. The third-order valence-corrected chi connectivity index (χ3v) is 5.61. The predicted molar refractivity (Wildman–Crippen MR) is 70.1 cm³/mol. The van der Waals surface area contributed by atoms with E-state index in [2.05, 4.69) is 42.6 Å². The largest absolute Gasteiger partial charge is 0.320 e. The molecular weight excluding hydrogens is 346 g/mol. The molecule has 1 atom stereocenters. The van der Waals surface area contributed by atoms with Crippen LogP contribution in [0.4, 0.5) is 0 Å². The fraction of sp³-hybridized carbons (Fsp3) is 0.111. The van der Waals surface area contributed by atoms with E-state index in [9.17, 15) is 0 Å². The van der Waals surface area contributed by atoms with Crippen LogP contribution in [0.15, 0.2) is 31.2 Å². The smallest absolute Gasteiger partial charge is 0.0676 e. The lowest BCUT2D eigenvalue weighted by Gasteiger charge is -2.09. The summed E-state index contributed by atoms with van der Waals surface area (Å²) in [5, 5.41) is 6.18. The lowest BCUT2D eigenvalue weighted by molar-refractivity contribution is 0.889. The van der Waals surface area contributed by atoms with Crippen LogP contribution in [0.1, 0.15) is 16.5 Å². The van der Waals surface area contributed by atoms with Crippen LogP contribution in [0.2, 0.25) is 0 Å². The van der Waals surface area contributed by atoms with Crippen LogP contribution in [0.25, 0.3) is 0 Å². The fourth-order valence-electron chi connectivity index (χ4n) is 1.18. The van der Waals surface area contributed by atoms with Crippen LogP contribution in [0, 0.1) is 0 Å². The molecule has 1 unspecified atom stereocenters. The zero-order valence-electron chi connectivity index (χ0n) is 7.04. The standard InChI is InChI=1S/C9H7Br2NS2/c10-6-1-2-14-9(6)8(12)5-3-13-4-7(5)11/h1-4,8H,12H2. The van der Waals surface area contributed by atoms with E-state index in [-0.39, 0.29) is 6.04 Å². The van der Waals surface area contributed by atoms with Gasteiger partial charge in [-0.15, -0.1) is 11.3 Å². The van der Waals surface area contributed by atoms with Crippen molar-refractivity contribution in [1.29, 1.82) is 0 Å². The summed E-state index contributed by atoms with van der Waals surface area (Å²) >= 11 is 10.3. The Morgan fingerprint density at radius 2 is 2.00 bits per heavy atom. The van der Waals surface area contributed by atoms with E-state index in [0.717, 1.165) is 14.5 Å². The first kappa shape index (κ1) is 10.8. The van der Waals surface area contributed by atoms with Gasteiger partial charge in [-0.2, -0.15) is 11.3 Å². The van der Waals surface area contributed by atoms with Gasteiger partial charge >= 0.3 is 0 Å². The fourth-order valence-corrected chi connectivity index (χ4v) is 4.40. The molecule has 14 heavy (non-hydrogen) atoms. The van der Waals surface area contributed by atoms with E-state index in [1.165, 1.54) is 4.88 Å². The molecule has 5 heteroatoms. The zero-order chi connectivity index (χ0) is 10.1. The highest BCUT2D eigenvalue weighted by molar-refractivity contribution is 9.11. The van der Waals surface area contributed by atoms with Gasteiger partial charge in [0.25, 0.3) is 0 Å². The minimum atomic E-state index is -0.0370. The Morgan fingerprint density at radius 3 is 2.50 bits per heavy atom. The molecule has 2 rings (SSSR count). The van der Waals surface area contributed by atoms with Gasteiger partial charge in [-0.05, 0) is 54.2 Å². The summed E-state index contributed by atoms with van der Waals surface area (Å²) in [5.74, 6) is 0. The van der Waals surface area contributed by atoms with E-state index in [0.29, 0.717) is 0 Å². The van der Waals surface area contributed by atoms with Crippen molar-refractivity contribution in [2.45, 2.75) is 6.04 Å². The molecule has 2 N–H and O–H groups in total. The Labute approximate surface area is 107 Å². The Morgan fingerprint density at radius 1 is 1.21 bits per heavy atom. The minimum Gasteiger partial charge on any atom is -0.320 e. The number of rotatable bonds is 2. The van der Waals surface area contributed by atoms with Crippen molar-refractivity contribution in [1.82, 2.24) is 0 Å². The first-order valence-corrected chi connectivity index (χ1v) is 7.31. The second-order valence-corrected chi connectivity index (χ2v) is 6.19. The highest BCUT2D eigenvalue weighted by Gasteiger charge is 2.16. The monoisotopic (exact) mass is 351 g/mol. The molecule has 0 aromatic carbocycles. The molecule has 0 aliphatic carbocycles. The maximum absolute atomic E-state index is 6.16. The van der Waals surface area contributed by atoms with Crippen LogP contribution in [0.3, 0.4) is 0 Å². The van der Waals surface area contributed by atoms with Gasteiger partial charge in [0, 0.05) is 19.2 Å². The van der Waals surface area contributed by atoms with Crippen molar-refractivity contribution in [3.8, 4) is 0 Å². The Bertz CT molecular complexity index is 395. The molecule has 0 amide bonds. The van der Waals surface area contributed by atoms with Gasteiger partial charge < -0.3 is 5.73 Å². The molecule has 74 valence electrons. The van der Waals surface area contributed by atoms with E-state index in [1.807, 2.05) is 11.4 Å². The number of halogens is 2. The van der Waals surface area contributed by atoms with E-state index < -0.39 is 0 Å². The summed E-state index contributed by atoms with van der Waals surface area (Å²) in [6, 6.07) is 1.99. The van der Waals surface area contributed by atoms with E-state index in [4.69, 9.17) is 5.73 Å². The molecule has 0 bridgehead atoms. The molecule has 1 nitrogen and oxygen atoms in total. The summed E-state index contributed by atoms with van der Waals surface area (Å²) in [6.45, 7) is 0. The third-order valence-electron chi connectivity index (χ3n) is 1.90. The second kappa shape index (κ2) is 4.45. The second-order valence-electron chi connectivity index (χ2n) is 2.79. The van der Waals surface area contributed by atoms with Gasteiger partial charge in [-0.25, -0.2) is 0 Å². The summed E-state index contributed by atoms with van der Waals surface area (Å²) in [4.78, 5) is 1.17. The van der Waals surface area contributed by atoms with Crippen LogP contribution in [-0.2, 0) is 0 Å². The highest BCUT2D eigenvalue weighted by atomic mass is 79.9. The summed E-state index contributed by atoms with van der Waals surface area (Å²) in [7, 11) is 0. The van der Waals surface area contributed by atoms with Crippen LogP contribution < -0.4 is 5.73 Å². The van der Waals surface area contributed by atoms with Crippen molar-refractivity contribution >= 4 is 54.5 Å². The molecule has 0 saturated carbocycles. The van der Waals surface area contributed by atoms with E-state index in [1.54, 1.807) is 22.7 Å². The van der Waals surface area contributed by atoms with Crippen molar-refractivity contribution in [2.24, 2.45) is 5.73 Å². The Kier molecular flexibility index (Phi) is 3.44. The number of thiophene rings is 2. The van der Waals surface area contributed by atoms with Crippen molar-refractivity contribution in [3.05, 3.63) is 41.6 Å². The quantitative estimate of drug-likeness (QED) is 0.852. The molecule has 2 heterocycles. The molecule has 0 fully saturated rings. The van der Waals surface area contributed by atoms with Crippen LogP contribution >= 0.6 is 54.5 Å². The van der Waals surface area contributed by atoms with Crippen LogP contribution in [-0.4, -0.2) is 0 Å². The minimum absolute atomic E-state index is 0.0370. The van der Waals surface area contributed by atoms with Gasteiger partial charge in [-0.3, -0.25) is 0 Å². The van der Waals surface area contributed by atoms with Crippen LogP contribution in [0.5, 0.6) is 0 Å². The summed E-state index contributed by atoms with van der Waals surface area (Å²) in [5.41, 5.74) is 7.32. The molecule has 0 radical (unpaired) electrons. The SMILES string of the molecule is NC(c1cscc1Br)c1sccc1Br. The van der Waals surface area contributed by atoms with Gasteiger partial charge in [0.1, 0.15) is 0 Å². The van der Waals surface area contributed by atoms with Crippen molar-refractivity contribution < 1.29 is 0 Å². The summed E-state index contributed by atoms with van der Waals surface area (Å²) in [6.07, 6.45) is 0. The molecule has 0 aliphatic heterocycles. The average Bonchev–Trinajstić information content (AvgIpc) is 2.73. The zero-order valence-corrected chi connectivity index (χ0v) is 11.8.